The normalized spacial score (nSPS) is 9.43. The van der Waals surface area contributed by atoms with E-state index < -0.39 is 0 Å². The van der Waals surface area contributed by atoms with Gasteiger partial charge in [-0.3, -0.25) is 0 Å². The topological polar surface area (TPSA) is 0 Å². The summed E-state index contributed by atoms with van der Waals surface area (Å²) in [5.41, 5.74) is 7.67. The van der Waals surface area contributed by atoms with Gasteiger partial charge in [0.25, 0.3) is 0 Å². The van der Waals surface area contributed by atoms with E-state index in [1.165, 1.54) is 33.4 Å². The maximum Gasteiger partial charge on any atom is 0 e. The van der Waals surface area contributed by atoms with Crippen molar-refractivity contribution in [1.82, 2.24) is 0 Å². The first-order valence-corrected chi connectivity index (χ1v) is 9.96. The lowest BCUT2D eigenvalue weighted by Gasteiger charge is -2.05. The second-order valence-electron chi connectivity index (χ2n) is 6.46. The van der Waals surface area contributed by atoms with Crippen LogP contribution in [0.25, 0.3) is 22.3 Å². The summed E-state index contributed by atoms with van der Waals surface area (Å²) < 4.78 is 0. The average Bonchev–Trinajstić information content (AvgIpc) is 2.77. The van der Waals surface area contributed by atoms with Gasteiger partial charge in [-0.1, -0.05) is 134 Å². The standard InChI is InChI=1S/C19H16.C7H8.C2H6.H2/c1-15-7-9-17(10-8-15)19-13-11-18(12-14-19)16-5-3-2-4-6-16;1-7-5-3-2-4-6-7;1-2;/h2-14H,1H3;2-6H,1H3;1-2H3;1H. The molecule has 0 heteroatoms. The van der Waals surface area contributed by atoms with Crippen molar-refractivity contribution in [3.8, 4) is 22.3 Å². The molecule has 144 valence electrons. The van der Waals surface area contributed by atoms with E-state index in [1.807, 2.05) is 38.1 Å². The molecule has 0 atom stereocenters. The maximum atomic E-state index is 2.19. The van der Waals surface area contributed by atoms with Crippen LogP contribution in [0.4, 0.5) is 0 Å². The third-order valence-electron chi connectivity index (χ3n) is 4.32. The van der Waals surface area contributed by atoms with Crippen molar-refractivity contribution in [1.29, 1.82) is 0 Å². The van der Waals surface area contributed by atoms with Crippen molar-refractivity contribution in [3.05, 3.63) is 120 Å². The molecule has 0 aliphatic carbocycles. The van der Waals surface area contributed by atoms with Crippen LogP contribution in [0.15, 0.2) is 109 Å². The molecule has 4 aromatic carbocycles. The quantitative estimate of drug-likeness (QED) is 0.332. The van der Waals surface area contributed by atoms with Crippen LogP contribution >= 0.6 is 0 Å². The van der Waals surface area contributed by atoms with Crippen molar-refractivity contribution < 1.29 is 1.43 Å². The van der Waals surface area contributed by atoms with Gasteiger partial charge in [-0.15, -0.1) is 0 Å². The minimum absolute atomic E-state index is 0. The second kappa shape index (κ2) is 11.6. The first-order chi connectivity index (χ1) is 13.7. The van der Waals surface area contributed by atoms with Gasteiger partial charge in [0, 0.05) is 1.43 Å². The van der Waals surface area contributed by atoms with Crippen molar-refractivity contribution in [2.24, 2.45) is 0 Å². The molecular formula is C28H32. The molecule has 4 aromatic rings. The minimum atomic E-state index is 0. The lowest BCUT2D eigenvalue weighted by Crippen LogP contribution is -1.80. The highest BCUT2D eigenvalue weighted by atomic mass is 14.0. The van der Waals surface area contributed by atoms with Crippen LogP contribution < -0.4 is 0 Å². The maximum absolute atomic E-state index is 2.19. The van der Waals surface area contributed by atoms with Gasteiger partial charge in [0.15, 0.2) is 0 Å². The summed E-state index contributed by atoms with van der Waals surface area (Å²) in [5.74, 6) is 0. The van der Waals surface area contributed by atoms with Crippen LogP contribution in [-0.2, 0) is 0 Å². The molecule has 0 nitrogen and oxygen atoms in total. The average molecular weight is 369 g/mol. The van der Waals surface area contributed by atoms with Crippen molar-refractivity contribution in [3.63, 3.8) is 0 Å². The van der Waals surface area contributed by atoms with E-state index in [4.69, 9.17) is 0 Å². The van der Waals surface area contributed by atoms with E-state index in [1.54, 1.807) is 0 Å². The van der Waals surface area contributed by atoms with Crippen LogP contribution in [0.2, 0.25) is 0 Å². The Bertz CT molecular complexity index is 909. The predicted octanol–water partition coefficient (Wildman–Crippen LogP) is 8.60. The van der Waals surface area contributed by atoms with Crippen LogP contribution in [0.5, 0.6) is 0 Å². The fourth-order valence-electron chi connectivity index (χ4n) is 2.77. The molecule has 0 aromatic heterocycles. The lowest BCUT2D eigenvalue weighted by molar-refractivity contribution is 1.47. The van der Waals surface area contributed by atoms with Gasteiger partial charge in [0.1, 0.15) is 0 Å². The van der Waals surface area contributed by atoms with Gasteiger partial charge in [-0.05, 0) is 36.1 Å². The first-order valence-electron chi connectivity index (χ1n) is 9.96. The summed E-state index contributed by atoms with van der Waals surface area (Å²) in [6.45, 7) is 8.20. The van der Waals surface area contributed by atoms with Crippen LogP contribution in [0, 0.1) is 13.8 Å². The Kier molecular flexibility index (Phi) is 8.75. The van der Waals surface area contributed by atoms with Gasteiger partial charge in [-0.2, -0.15) is 0 Å². The molecular weight excluding hydrogens is 336 g/mol. The summed E-state index contributed by atoms with van der Waals surface area (Å²) in [4.78, 5) is 0. The minimum Gasteiger partial charge on any atom is -0.0683 e. The van der Waals surface area contributed by atoms with Gasteiger partial charge in [-0.25, -0.2) is 0 Å². The highest BCUT2D eigenvalue weighted by Crippen LogP contribution is 2.24. The van der Waals surface area contributed by atoms with E-state index in [-0.39, 0.29) is 1.43 Å². The molecule has 0 bridgehead atoms. The number of hydrogen-bond donors (Lipinski definition) is 0. The lowest BCUT2D eigenvalue weighted by atomic mass is 10.00. The molecule has 0 saturated heterocycles. The Morgan fingerprint density at radius 1 is 0.357 bits per heavy atom. The summed E-state index contributed by atoms with van der Waals surface area (Å²) in [7, 11) is 0. The van der Waals surface area contributed by atoms with E-state index in [0.717, 1.165) is 0 Å². The molecule has 0 spiro atoms. The Hall–Kier alpha value is -3.12. The monoisotopic (exact) mass is 368 g/mol. The summed E-state index contributed by atoms with van der Waals surface area (Å²) in [6, 6.07) is 38.1. The summed E-state index contributed by atoms with van der Waals surface area (Å²) in [5, 5.41) is 0. The van der Waals surface area contributed by atoms with Crippen LogP contribution in [-0.4, -0.2) is 0 Å². The SMILES string of the molecule is CC.Cc1ccc(-c2ccc(-c3ccccc3)cc2)cc1.Cc1ccccc1.[HH]. The molecule has 0 heterocycles. The predicted molar refractivity (Wildman–Crippen MR) is 127 cm³/mol. The summed E-state index contributed by atoms with van der Waals surface area (Å²) in [6.07, 6.45) is 0. The number of aryl methyl sites for hydroxylation is 2. The zero-order valence-electron chi connectivity index (χ0n) is 17.4. The van der Waals surface area contributed by atoms with Crippen molar-refractivity contribution >= 4 is 0 Å². The van der Waals surface area contributed by atoms with Crippen molar-refractivity contribution in [2.45, 2.75) is 27.7 Å². The first kappa shape index (κ1) is 21.2. The van der Waals surface area contributed by atoms with E-state index in [9.17, 15) is 0 Å². The van der Waals surface area contributed by atoms with Gasteiger partial charge >= 0.3 is 0 Å². The molecule has 0 unspecified atom stereocenters. The van der Waals surface area contributed by atoms with Gasteiger partial charge in [0.2, 0.25) is 0 Å². The van der Waals surface area contributed by atoms with Crippen LogP contribution in [0.3, 0.4) is 0 Å². The van der Waals surface area contributed by atoms with Gasteiger partial charge in [0.05, 0.1) is 0 Å². The largest absolute Gasteiger partial charge is 0.0683 e. The van der Waals surface area contributed by atoms with E-state index in [0.29, 0.717) is 0 Å². The zero-order valence-corrected chi connectivity index (χ0v) is 17.4. The molecule has 0 fully saturated rings. The smallest absolute Gasteiger partial charge is 0 e. The Morgan fingerprint density at radius 3 is 1.00 bits per heavy atom. The third-order valence-corrected chi connectivity index (χ3v) is 4.32. The molecule has 0 amide bonds. The summed E-state index contributed by atoms with van der Waals surface area (Å²) >= 11 is 0. The zero-order chi connectivity index (χ0) is 20.2. The molecule has 0 radical (unpaired) electrons. The number of rotatable bonds is 2. The number of benzene rings is 4. The Balaban J connectivity index is 0.000000356. The fourth-order valence-corrected chi connectivity index (χ4v) is 2.77. The molecule has 28 heavy (non-hydrogen) atoms. The second-order valence-corrected chi connectivity index (χ2v) is 6.46. The molecule has 0 saturated carbocycles. The molecule has 0 aliphatic heterocycles. The Morgan fingerprint density at radius 2 is 0.643 bits per heavy atom. The van der Waals surface area contributed by atoms with Gasteiger partial charge < -0.3 is 0 Å². The van der Waals surface area contributed by atoms with E-state index in [2.05, 4.69) is 98.8 Å². The molecule has 0 aliphatic rings. The molecule has 4 rings (SSSR count). The Labute approximate surface area is 172 Å². The van der Waals surface area contributed by atoms with Crippen LogP contribution in [0.1, 0.15) is 26.4 Å². The fraction of sp³-hybridized carbons (Fsp3) is 0.143. The van der Waals surface area contributed by atoms with Crippen molar-refractivity contribution in [2.75, 3.05) is 0 Å². The third kappa shape index (κ3) is 6.55. The number of hydrogen-bond acceptors (Lipinski definition) is 0. The highest BCUT2D eigenvalue weighted by molar-refractivity contribution is 5.70. The molecule has 0 N–H and O–H groups in total. The highest BCUT2D eigenvalue weighted by Gasteiger charge is 1.99. The van der Waals surface area contributed by atoms with E-state index >= 15 is 0 Å².